The molecule has 0 radical (unpaired) electrons. The van der Waals surface area contributed by atoms with Crippen LogP contribution in [0.5, 0.6) is 5.75 Å². The predicted octanol–water partition coefficient (Wildman–Crippen LogP) is -0.0124. The van der Waals surface area contributed by atoms with Crippen molar-refractivity contribution in [1.29, 1.82) is 0 Å². The van der Waals surface area contributed by atoms with E-state index in [4.69, 9.17) is 14.3 Å². The van der Waals surface area contributed by atoms with Crippen LogP contribution in [0.25, 0.3) is 0 Å². The molecule has 0 saturated heterocycles. The Morgan fingerprint density at radius 2 is 2.24 bits per heavy atom. The molecule has 1 heterocycles. The van der Waals surface area contributed by atoms with Gasteiger partial charge in [-0.05, 0) is 6.92 Å². The largest absolute Gasteiger partial charge is 0.474 e. The number of aliphatic hydroxyl groups excluding tert-OH is 1. The number of nitrogens with zero attached hydrogens (tertiary/aromatic N) is 1. The zero-order valence-corrected chi connectivity index (χ0v) is 9.97. The Hall–Kier alpha value is -1.82. The minimum atomic E-state index is -0.770. The van der Waals surface area contributed by atoms with Gasteiger partial charge in [0.15, 0.2) is 6.10 Å². The van der Waals surface area contributed by atoms with Gasteiger partial charge in [-0.15, -0.1) is 0 Å². The van der Waals surface area contributed by atoms with E-state index in [2.05, 4.69) is 0 Å². The van der Waals surface area contributed by atoms with Crippen LogP contribution < -0.4 is 10.2 Å². The molecule has 1 aromatic rings. The SMILES string of the molecule is CC(Oc1coc(CO)cc1=O)C(=O)N(C)C. The van der Waals surface area contributed by atoms with E-state index in [1.54, 1.807) is 21.0 Å². The smallest absolute Gasteiger partial charge is 0.262 e. The van der Waals surface area contributed by atoms with Crippen molar-refractivity contribution in [2.75, 3.05) is 14.1 Å². The lowest BCUT2D eigenvalue weighted by Gasteiger charge is -2.17. The molecule has 0 aliphatic carbocycles. The van der Waals surface area contributed by atoms with E-state index in [-0.39, 0.29) is 24.0 Å². The van der Waals surface area contributed by atoms with Crippen LogP contribution >= 0.6 is 0 Å². The van der Waals surface area contributed by atoms with Crippen LogP contribution in [0.3, 0.4) is 0 Å². The predicted molar refractivity (Wildman–Crippen MR) is 59.7 cm³/mol. The second-order valence-corrected chi connectivity index (χ2v) is 3.73. The summed E-state index contributed by atoms with van der Waals surface area (Å²) in [7, 11) is 3.19. The van der Waals surface area contributed by atoms with Gasteiger partial charge in [0, 0.05) is 20.2 Å². The number of likely N-dealkylation sites (N-methyl/N-ethyl adjacent to an activating group) is 1. The van der Waals surface area contributed by atoms with E-state index >= 15 is 0 Å². The number of hydrogen-bond acceptors (Lipinski definition) is 5. The average molecular weight is 241 g/mol. The molecule has 0 saturated carbocycles. The molecule has 0 spiro atoms. The van der Waals surface area contributed by atoms with Gasteiger partial charge in [-0.1, -0.05) is 0 Å². The number of amides is 1. The summed E-state index contributed by atoms with van der Waals surface area (Å²) >= 11 is 0. The minimum Gasteiger partial charge on any atom is -0.474 e. The first kappa shape index (κ1) is 13.2. The van der Waals surface area contributed by atoms with Crippen molar-refractivity contribution in [3.63, 3.8) is 0 Å². The van der Waals surface area contributed by atoms with Gasteiger partial charge in [-0.2, -0.15) is 0 Å². The first-order valence-corrected chi connectivity index (χ1v) is 5.06. The number of carbonyl (C=O) groups is 1. The van der Waals surface area contributed by atoms with Gasteiger partial charge in [-0.3, -0.25) is 9.59 Å². The quantitative estimate of drug-likeness (QED) is 0.801. The highest BCUT2D eigenvalue weighted by atomic mass is 16.5. The van der Waals surface area contributed by atoms with E-state index in [0.29, 0.717) is 0 Å². The first-order valence-electron chi connectivity index (χ1n) is 5.06. The summed E-state index contributed by atoms with van der Waals surface area (Å²) in [4.78, 5) is 24.4. The van der Waals surface area contributed by atoms with Crippen molar-refractivity contribution in [1.82, 2.24) is 4.90 Å². The third-order valence-electron chi connectivity index (χ3n) is 2.10. The lowest BCUT2D eigenvalue weighted by Crippen LogP contribution is -2.36. The summed E-state index contributed by atoms with van der Waals surface area (Å²) < 4.78 is 10.1. The van der Waals surface area contributed by atoms with Crippen LogP contribution in [0.4, 0.5) is 0 Å². The lowest BCUT2D eigenvalue weighted by atomic mass is 10.3. The minimum absolute atomic E-state index is 0.0510. The molecule has 1 atom stereocenters. The molecule has 0 aliphatic rings. The Balaban J connectivity index is 2.82. The first-order chi connectivity index (χ1) is 7.95. The maximum atomic E-state index is 11.5. The summed E-state index contributed by atoms with van der Waals surface area (Å²) in [6.07, 6.45) is 0.320. The Bertz CT molecular complexity index is 451. The van der Waals surface area contributed by atoms with Crippen molar-refractivity contribution >= 4 is 5.91 Å². The van der Waals surface area contributed by atoms with E-state index in [1.807, 2.05) is 0 Å². The maximum absolute atomic E-state index is 11.5. The Morgan fingerprint density at radius 1 is 1.59 bits per heavy atom. The van der Waals surface area contributed by atoms with Crippen LogP contribution in [-0.2, 0) is 11.4 Å². The fraction of sp³-hybridized carbons (Fsp3) is 0.455. The van der Waals surface area contributed by atoms with Crippen LogP contribution in [0.2, 0.25) is 0 Å². The van der Waals surface area contributed by atoms with Gasteiger partial charge in [0.2, 0.25) is 11.2 Å². The van der Waals surface area contributed by atoms with Crippen molar-refractivity contribution in [2.24, 2.45) is 0 Å². The third kappa shape index (κ3) is 3.32. The van der Waals surface area contributed by atoms with Crippen molar-refractivity contribution in [2.45, 2.75) is 19.6 Å². The van der Waals surface area contributed by atoms with Crippen molar-refractivity contribution in [3.8, 4) is 5.75 Å². The normalized spacial score (nSPS) is 12.0. The number of carbonyl (C=O) groups excluding carboxylic acids is 1. The van der Waals surface area contributed by atoms with Crippen molar-refractivity contribution in [3.05, 3.63) is 28.3 Å². The molecule has 0 bridgehead atoms. The Morgan fingerprint density at radius 3 is 2.71 bits per heavy atom. The average Bonchev–Trinajstić information content (AvgIpc) is 2.30. The van der Waals surface area contributed by atoms with E-state index < -0.39 is 11.5 Å². The van der Waals surface area contributed by atoms with E-state index in [1.165, 1.54) is 4.90 Å². The van der Waals surface area contributed by atoms with Gasteiger partial charge in [0.25, 0.3) is 5.91 Å². The highest BCUT2D eigenvalue weighted by molar-refractivity contribution is 5.80. The third-order valence-corrected chi connectivity index (χ3v) is 2.10. The standard InChI is InChI=1S/C11H15NO5/c1-7(11(15)12(2)3)17-10-6-16-8(5-13)4-9(10)14/h4,6-7,13H,5H2,1-3H3. The fourth-order valence-electron chi connectivity index (χ4n) is 1.21. The zero-order valence-electron chi connectivity index (χ0n) is 9.97. The number of aliphatic hydroxyl groups is 1. The molecule has 1 unspecified atom stereocenters. The number of rotatable bonds is 4. The van der Waals surface area contributed by atoms with Crippen LogP contribution in [-0.4, -0.2) is 36.1 Å². The van der Waals surface area contributed by atoms with Crippen LogP contribution in [0, 0.1) is 0 Å². The molecule has 17 heavy (non-hydrogen) atoms. The van der Waals surface area contributed by atoms with E-state index in [9.17, 15) is 9.59 Å². The van der Waals surface area contributed by atoms with Crippen LogP contribution in [0.1, 0.15) is 12.7 Å². The summed E-state index contributed by atoms with van der Waals surface area (Å²) in [5.41, 5.74) is -0.432. The van der Waals surface area contributed by atoms with Gasteiger partial charge in [0.05, 0.1) is 0 Å². The topological polar surface area (TPSA) is 80.0 Å². The highest BCUT2D eigenvalue weighted by Crippen LogP contribution is 2.08. The van der Waals surface area contributed by atoms with Gasteiger partial charge < -0.3 is 19.2 Å². The van der Waals surface area contributed by atoms with Gasteiger partial charge in [-0.25, -0.2) is 0 Å². The van der Waals surface area contributed by atoms with E-state index in [0.717, 1.165) is 12.3 Å². The molecule has 1 rings (SSSR count). The van der Waals surface area contributed by atoms with Crippen LogP contribution in [0.15, 0.2) is 21.5 Å². The molecule has 1 amide bonds. The molecular weight excluding hydrogens is 226 g/mol. The molecule has 0 aliphatic heterocycles. The van der Waals surface area contributed by atoms with Gasteiger partial charge in [0.1, 0.15) is 18.6 Å². The molecule has 1 aromatic heterocycles. The molecule has 6 heteroatoms. The maximum Gasteiger partial charge on any atom is 0.262 e. The summed E-state index contributed by atoms with van der Waals surface area (Å²) in [6.45, 7) is 1.18. The lowest BCUT2D eigenvalue weighted by molar-refractivity contribution is -0.135. The Kier molecular flexibility index (Phi) is 4.28. The highest BCUT2D eigenvalue weighted by Gasteiger charge is 2.18. The fourth-order valence-corrected chi connectivity index (χ4v) is 1.21. The zero-order chi connectivity index (χ0) is 13.0. The monoisotopic (exact) mass is 241 g/mol. The second kappa shape index (κ2) is 5.49. The summed E-state index contributed by atoms with van der Waals surface area (Å²) in [5, 5.41) is 8.76. The Labute approximate surface area is 98.4 Å². The number of hydrogen-bond donors (Lipinski definition) is 1. The molecule has 0 aromatic carbocycles. The molecule has 6 nitrogen and oxygen atoms in total. The summed E-state index contributed by atoms with van der Waals surface area (Å²) in [5.74, 6) is -0.158. The number of ether oxygens (including phenoxy) is 1. The summed E-state index contributed by atoms with van der Waals surface area (Å²) in [6, 6.07) is 1.13. The second-order valence-electron chi connectivity index (χ2n) is 3.73. The molecule has 1 N–H and O–H groups in total. The van der Waals surface area contributed by atoms with Gasteiger partial charge >= 0.3 is 0 Å². The molecular formula is C11H15NO5. The molecule has 0 fully saturated rings. The van der Waals surface area contributed by atoms with Crippen molar-refractivity contribution < 1.29 is 19.1 Å². The molecule has 94 valence electrons.